The molecule has 2 amide bonds. The Labute approximate surface area is 150 Å². The molecule has 0 aromatic carbocycles. The summed E-state index contributed by atoms with van der Waals surface area (Å²) in [5.74, 6) is 0.240. The molecule has 2 aliphatic rings. The van der Waals surface area contributed by atoms with Gasteiger partial charge in [-0.05, 0) is 67.1 Å². The van der Waals surface area contributed by atoms with E-state index in [2.05, 4.69) is 33.2 Å². The predicted molar refractivity (Wildman–Crippen MR) is 93.6 cm³/mol. The van der Waals surface area contributed by atoms with Crippen molar-refractivity contribution >= 4 is 33.7 Å². The van der Waals surface area contributed by atoms with Gasteiger partial charge in [0.15, 0.2) is 0 Å². The molecule has 0 radical (unpaired) electrons. The van der Waals surface area contributed by atoms with Crippen molar-refractivity contribution in [2.24, 2.45) is 5.41 Å². The fraction of sp³-hybridized carbons (Fsp3) is 0.588. The van der Waals surface area contributed by atoms with E-state index >= 15 is 0 Å². The van der Waals surface area contributed by atoms with Gasteiger partial charge in [0.05, 0.1) is 0 Å². The number of piperidine rings is 1. The summed E-state index contributed by atoms with van der Waals surface area (Å²) in [6, 6.07) is 4.86. The Bertz CT molecular complexity index is 688. The molecule has 0 unspecified atom stereocenters. The molecular formula is C17H22BrN3O3. The van der Waals surface area contributed by atoms with E-state index in [0.717, 1.165) is 6.42 Å². The number of hydrogen-bond donors (Lipinski definition) is 1. The van der Waals surface area contributed by atoms with Gasteiger partial charge in [0.25, 0.3) is 0 Å². The van der Waals surface area contributed by atoms with Crippen LogP contribution in [-0.4, -0.2) is 39.6 Å². The lowest BCUT2D eigenvalue weighted by Gasteiger charge is -2.29. The van der Waals surface area contributed by atoms with Crippen LogP contribution in [0.1, 0.15) is 40.5 Å². The molecule has 1 N–H and O–H groups in total. The van der Waals surface area contributed by atoms with Crippen molar-refractivity contribution in [2.45, 2.75) is 58.2 Å². The lowest BCUT2D eigenvalue weighted by molar-refractivity contribution is -0.121. The molecule has 0 bridgehead atoms. The number of pyridine rings is 1. The molecule has 7 heteroatoms. The van der Waals surface area contributed by atoms with E-state index in [1.54, 1.807) is 23.1 Å². The first-order valence-electron chi connectivity index (χ1n) is 8.04. The van der Waals surface area contributed by atoms with Crippen LogP contribution in [0.2, 0.25) is 0 Å². The molecule has 24 heavy (non-hydrogen) atoms. The zero-order chi connectivity index (χ0) is 17.7. The number of ether oxygens (including phenoxy) is 1. The Morgan fingerprint density at radius 1 is 1.38 bits per heavy atom. The second-order valence-electron chi connectivity index (χ2n) is 7.82. The summed E-state index contributed by atoms with van der Waals surface area (Å²) in [4.78, 5) is 31.1. The van der Waals surface area contributed by atoms with Crippen LogP contribution >= 0.6 is 15.9 Å². The number of halogens is 1. The topological polar surface area (TPSA) is 71.5 Å². The third kappa shape index (κ3) is 3.41. The number of carbonyl (C=O) groups excluding carboxylic acids is 2. The van der Waals surface area contributed by atoms with E-state index in [1.807, 2.05) is 20.8 Å². The van der Waals surface area contributed by atoms with Crippen molar-refractivity contribution in [3.8, 4) is 0 Å². The van der Waals surface area contributed by atoms with Gasteiger partial charge in [-0.25, -0.2) is 9.78 Å². The molecule has 1 aliphatic heterocycles. The second kappa shape index (κ2) is 5.72. The summed E-state index contributed by atoms with van der Waals surface area (Å²) in [7, 11) is 0. The first-order chi connectivity index (χ1) is 11.1. The van der Waals surface area contributed by atoms with Crippen molar-refractivity contribution in [2.75, 3.05) is 5.32 Å². The molecular weight excluding hydrogens is 374 g/mol. The highest BCUT2D eigenvalue weighted by atomic mass is 79.9. The monoisotopic (exact) mass is 395 g/mol. The second-order valence-corrected chi connectivity index (χ2v) is 8.63. The lowest BCUT2D eigenvalue weighted by atomic mass is 10.0. The zero-order valence-corrected chi connectivity index (χ0v) is 15.9. The minimum absolute atomic E-state index is 0.0175. The van der Waals surface area contributed by atoms with Crippen LogP contribution in [0.3, 0.4) is 0 Å². The van der Waals surface area contributed by atoms with Crippen LogP contribution in [0, 0.1) is 5.41 Å². The van der Waals surface area contributed by atoms with Crippen LogP contribution in [0.25, 0.3) is 0 Å². The van der Waals surface area contributed by atoms with Gasteiger partial charge in [-0.2, -0.15) is 0 Å². The van der Waals surface area contributed by atoms with Crippen molar-refractivity contribution in [1.82, 2.24) is 9.88 Å². The fourth-order valence-corrected chi connectivity index (χ4v) is 3.61. The minimum atomic E-state index is -0.585. The molecule has 130 valence electrons. The Balaban J connectivity index is 1.75. The third-order valence-electron chi connectivity index (χ3n) is 4.51. The zero-order valence-electron chi connectivity index (χ0n) is 14.3. The van der Waals surface area contributed by atoms with Crippen molar-refractivity contribution in [3.63, 3.8) is 0 Å². The van der Waals surface area contributed by atoms with E-state index in [0.29, 0.717) is 16.8 Å². The Morgan fingerprint density at radius 3 is 2.71 bits per heavy atom. The van der Waals surface area contributed by atoms with Crippen LogP contribution in [-0.2, 0) is 9.53 Å². The summed E-state index contributed by atoms with van der Waals surface area (Å²) < 4.78 is 6.14. The summed E-state index contributed by atoms with van der Waals surface area (Å²) in [5, 5.41) is 2.80. The van der Waals surface area contributed by atoms with Crippen LogP contribution < -0.4 is 5.32 Å². The highest BCUT2D eigenvalue weighted by Gasteiger charge is 2.65. The molecule has 1 saturated heterocycles. The van der Waals surface area contributed by atoms with E-state index in [4.69, 9.17) is 4.74 Å². The quantitative estimate of drug-likeness (QED) is 0.776. The number of hydrogen-bond acceptors (Lipinski definition) is 4. The largest absolute Gasteiger partial charge is 0.444 e. The SMILES string of the molecule is CC(C)(C)OC(=O)N1[C@H]2C[C@@]2(C)C[C@H]1C(=O)Nc1cccc(Br)n1. The molecule has 3 rings (SSSR count). The number of aromatic nitrogens is 1. The summed E-state index contributed by atoms with van der Waals surface area (Å²) in [5.41, 5.74) is -0.568. The maximum Gasteiger partial charge on any atom is 0.411 e. The number of carbonyl (C=O) groups is 2. The van der Waals surface area contributed by atoms with Crippen LogP contribution in [0.5, 0.6) is 0 Å². The molecule has 1 aromatic rings. The first-order valence-corrected chi connectivity index (χ1v) is 8.83. The number of fused-ring (bicyclic) bond motifs is 1. The minimum Gasteiger partial charge on any atom is -0.444 e. The molecule has 3 atom stereocenters. The fourth-order valence-electron chi connectivity index (χ4n) is 3.27. The average molecular weight is 396 g/mol. The summed E-state index contributed by atoms with van der Waals surface area (Å²) in [6.07, 6.45) is 1.15. The van der Waals surface area contributed by atoms with Gasteiger partial charge in [-0.1, -0.05) is 13.0 Å². The number of nitrogens with zero attached hydrogens (tertiary/aromatic N) is 2. The highest BCUT2D eigenvalue weighted by molar-refractivity contribution is 9.10. The van der Waals surface area contributed by atoms with Gasteiger partial charge >= 0.3 is 6.09 Å². The van der Waals surface area contributed by atoms with Crippen LogP contribution in [0.15, 0.2) is 22.8 Å². The Kier molecular flexibility index (Phi) is 4.10. The summed E-state index contributed by atoms with van der Waals surface area (Å²) in [6.45, 7) is 7.59. The van der Waals surface area contributed by atoms with Gasteiger partial charge in [0, 0.05) is 6.04 Å². The normalized spacial score (nSPS) is 28.3. The van der Waals surface area contributed by atoms with Crippen molar-refractivity contribution in [3.05, 3.63) is 22.8 Å². The molecule has 6 nitrogen and oxygen atoms in total. The lowest BCUT2D eigenvalue weighted by Crippen LogP contribution is -2.47. The smallest absolute Gasteiger partial charge is 0.411 e. The van der Waals surface area contributed by atoms with Gasteiger partial charge in [0.2, 0.25) is 5.91 Å². The van der Waals surface area contributed by atoms with Crippen molar-refractivity contribution < 1.29 is 14.3 Å². The number of anilines is 1. The number of nitrogens with one attached hydrogen (secondary N) is 1. The number of amides is 2. The first kappa shape index (κ1) is 17.2. The van der Waals surface area contributed by atoms with E-state index in [9.17, 15) is 9.59 Å². The van der Waals surface area contributed by atoms with Gasteiger partial charge in [-0.15, -0.1) is 0 Å². The molecule has 2 heterocycles. The van der Waals surface area contributed by atoms with E-state index < -0.39 is 17.7 Å². The van der Waals surface area contributed by atoms with Gasteiger partial charge < -0.3 is 10.1 Å². The van der Waals surface area contributed by atoms with Crippen LogP contribution in [0.4, 0.5) is 10.6 Å². The molecule has 1 aromatic heterocycles. The third-order valence-corrected chi connectivity index (χ3v) is 4.95. The maximum absolute atomic E-state index is 12.7. The van der Waals surface area contributed by atoms with Gasteiger partial charge in [0.1, 0.15) is 22.1 Å². The standard InChI is InChI=1S/C17H22BrN3O3/c1-16(2,3)24-15(23)21-10(8-17(4)9-11(17)21)14(22)20-13-7-5-6-12(18)19-13/h5-7,10-11H,8-9H2,1-4H3,(H,19,20,22)/t10-,11-,17+/m0/s1. The Hall–Kier alpha value is -1.63. The molecule has 1 aliphatic carbocycles. The Morgan fingerprint density at radius 2 is 2.08 bits per heavy atom. The molecule has 2 fully saturated rings. The van der Waals surface area contributed by atoms with Gasteiger partial charge in [-0.3, -0.25) is 9.69 Å². The predicted octanol–water partition coefficient (Wildman–Crippen LogP) is 3.57. The molecule has 1 saturated carbocycles. The number of likely N-dealkylation sites (tertiary alicyclic amines) is 1. The number of rotatable bonds is 2. The van der Waals surface area contributed by atoms with Crippen molar-refractivity contribution in [1.29, 1.82) is 0 Å². The van der Waals surface area contributed by atoms with E-state index in [1.165, 1.54) is 0 Å². The molecule has 0 spiro atoms. The highest BCUT2D eigenvalue weighted by Crippen LogP contribution is 2.59. The summed E-state index contributed by atoms with van der Waals surface area (Å²) >= 11 is 3.28. The maximum atomic E-state index is 12.7. The van der Waals surface area contributed by atoms with E-state index in [-0.39, 0.29) is 17.4 Å². The average Bonchev–Trinajstić information content (AvgIpc) is 2.98.